The average Bonchev–Trinajstić information content (AvgIpc) is 2.93. The monoisotopic (exact) mass is 307 g/mol. The van der Waals surface area contributed by atoms with E-state index in [0.29, 0.717) is 23.0 Å². The Bertz CT molecular complexity index is 521. The molecule has 0 aliphatic carbocycles. The van der Waals surface area contributed by atoms with Gasteiger partial charge in [-0.3, -0.25) is 4.79 Å². The zero-order chi connectivity index (χ0) is 15.2. The van der Waals surface area contributed by atoms with E-state index in [1.165, 1.54) is 0 Å². The normalized spacial score (nSPS) is 18.6. The Kier molecular flexibility index (Phi) is 5.67. The fourth-order valence-corrected chi connectivity index (χ4v) is 2.63. The zero-order valence-corrected chi connectivity index (χ0v) is 12.7. The number of carbonyl (C=O) groups excluding carboxylic acids is 1. The Morgan fingerprint density at radius 2 is 2.33 bits per heavy atom. The predicted octanol–water partition coefficient (Wildman–Crippen LogP) is 0.964. The van der Waals surface area contributed by atoms with Crippen LogP contribution in [0.1, 0.15) is 18.4 Å². The molecule has 114 valence electrons. The molecule has 1 aromatic carbocycles. The standard InChI is InChI=1S/C15H21N3O2S/c16-15(21)12-2-1-3-13(8-12)17-14(20)5-7-18-6-4-11(9-18)10-19/h1-3,8,11,19H,4-7,9-10H2,(H2,16,21)(H,17,20). The van der Waals surface area contributed by atoms with E-state index in [0.717, 1.165) is 31.6 Å². The molecule has 0 bridgehead atoms. The molecule has 0 saturated carbocycles. The lowest BCUT2D eigenvalue weighted by atomic mass is 10.1. The minimum absolute atomic E-state index is 0.0254. The van der Waals surface area contributed by atoms with Crippen LogP contribution >= 0.6 is 12.2 Å². The number of nitrogens with zero attached hydrogens (tertiary/aromatic N) is 1. The zero-order valence-electron chi connectivity index (χ0n) is 11.9. The van der Waals surface area contributed by atoms with Gasteiger partial charge in [-0.25, -0.2) is 0 Å². The topological polar surface area (TPSA) is 78.6 Å². The molecule has 1 unspecified atom stereocenters. The lowest BCUT2D eigenvalue weighted by Gasteiger charge is -2.15. The molecule has 1 amide bonds. The highest BCUT2D eigenvalue weighted by molar-refractivity contribution is 7.80. The highest BCUT2D eigenvalue weighted by Crippen LogP contribution is 2.16. The number of nitrogens with two attached hydrogens (primary N) is 1. The largest absolute Gasteiger partial charge is 0.396 e. The van der Waals surface area contributed by atoms with Crippen LogP contribution in [-0.4, -0.2) is 47.1 Å². The van der Waals surface area contributed by atoms with Crippen molar-refractivity contribution in [1.29, 1.82) is 0 Å². The van der Waals surface area contributed by atoms with E-state index in [9.17, 15) is 4.79 Å². The second kappa shape index (κ2) is 7.49. The number of carbonyl (C=O) groups is 1. The first-order valence-electron chi connectivity index (χ1n) is 7.11. The SMILES string of the molecule is NC(=S)c1cccc(NC(=O)CCN2CCC(CO)C2)c1. The molecule has 5 nitrogen and oxygen atoms in total. The second-order valence-electron chi connectivity index (χ2n) is 5.38. The first-order chi connectivity index (χ1) is 10.1. The van der Waals surface area contributed by atoms with Gasteiger partial charge in [0.1, 0.15) is 4.99 Å². The van der Waals surface area contributed by atoms with Crippen molar-refractivity contribution in [2.45, 2.75) is 12.8 Å². The van der Waals surface area contributed by atoms with Gasteiger partial charge >= 0.3 is 0 Å². The molecule has 1 saturated heterocycles. The van der Waals surface area contributed by atoms with Gasteiger partial charge in [0.25, 0.3) is 0 Å². The molecule has 1 aliphatic heterocycles. The number of benzene rings is 1. The van der Waals surface area contributed by atoms with Crippen molar-refractivity contribution in [3.05, 3.63) is 29.8 Å². The van der Waals surface area contributed by atoms with Gasteiger partial charge in [-0.2, -0.15) is 0 Å². The Morgan fingerprint density at radius 3 is 3.00 bits per heavy atom. The number of aliphatic hydroxyl groups is 1. The molecule has 2 rings (SSSR count). The van der Waals surface area contributed by atoms with Crippen LogP contribution in [0.25, 0.3) is 0 Å². The first-order valence-corrected chi connectivity index (χ1v) is 7.52. The Hall–Kier alpha value is -1.50. The fraction of sp³-hybridized carbons (Fsp3) is 0.467. The summed E-state index contributed by atoms with van der Waals surface area (Å²) in [6.45, 7) is 2.78. The molecule has 1 atom stereocenters. The third-order valence-electron chi connectivity index (χ3n) is 3.71. The number of hydrogen-bond acceptors (Lipinski definition) is 4. The number of aliphatic hydroxyl groups excluding tert-OH is 1. The first kappa shape index (κ1) is 15.9. The number of amides is 1. The van der Waals surface area contributed by atoms with E-state index >= 15 is 0 Å². The molecule has 1 aliphatic rings. The van der Waals surface area contributed by atoms with Crippen LogP contribution < -0.4 is 11.1 Å². The van der Waals surface area contributed by atoms with E-state index in [1.807, 2.05) is 18.2 Å². The summed E-state index contributed by atoms with van der Waals surface area (Å²) in [6, 6.07) is 7.23. The molecule has 1 heterocycles. The van der Waals surface area contributed by atoms with Gasteiger partial charge in [-0.05, 0) is 31.0 Å². The smallest absolute Gasteiger partial charge is 0.225 e. The number of rotatable bonds is 6. The minimum atomic E-state index is -0.0254. The maximum Gasteiger partial charge on any atom is 0.225 e. The number of hydrogen-bond donors (Lipinski definition) is 3. The van der Waals surface area contributed by atoms with Gasteiger partial charge in [-0.1, -0.05) is 24.4 Å². The van der Waals surface area contributed by atoms with Crippen molar-refractivity contribution in [2.24, 2.45) is 11.7 Å². The number of likely N-dealkylation sites (tertiary alicyclic amines) is 1. The molecule has 21 heavy (non-hydrogen) atoms. The summed E-state index contributed by atoms with van der Waals surface area (Å²) in [5.41, 5.74) is 7.02. The van der Waals surface area contributed by atoms with Crippen LogP contribution in [0.15, 0.2) is 24.3 Å². The van der Waals surface area contributed by atoms with Crippen molar-refractivity contribution < 1.29 is 9.90 Å². The van der Waals surface area contributed by atoms with Gasteiger partial charge in [0.2, 0.25) is 5.91 Å². The number of thiocarbonyl (C=S) groups is 1. The summed E-state index contributed by atoms with van der Waals surface area (Å²) in [4.78, 5) is 14.5. The van der Waals surface area contributed by atoms with Crippen molar-refractivity contribution in [2.75, 3.05) is 31.6 Å². The Morgan fingerprint density at radius 1 is 1.52 bits per heavy atom. The predicted molar refractivity (Wildman–Crippen MR) is 87.2 cm³/mol. The van der Waals surface area contributed by atoms with Gasteiger partial charge in [0.05, 0.1) is 0 Å². The van der Waals surface area contributed by atoms with Crippen molar-refractivity contribution >= 4 is 28.8 Å². The summed E-state index contributed by atoms with van der Waals surface area (Å²) < 4.78 is 0. The molecule has 6 heteroatoms. The van der Waals surface area contributed by atoms with Crippen LogP contribution in [-0.2, 0) is 4.79 Å². The van der Waals surface area contributed by atoms with Crippen LogP contribution in [0.3, 0.4) is 0 Å². The van der Waals surface area contributed by atoms with E-state index in [2.05, 4.69) is 10.2 Å². The third kappa shape index (κ3) is 4.77. The van der Waals surface area contributed by atoms with Crippen molar-refractivity contribution in [3.8, 4) is 0 Å². The highest BCUT2D eigenvalue weighted by atomic mass is 32.1. The summed E-state index contributed by atoms with van der Waals surface area (Å²) >= 11 is 4.92. The molecule has 0 spiro atoms. The summed E-state index contributed by atoms with van der Waals surface area (Å²) in [6.07, 6.45) is 1.45. The Labute approximate surface area is 130 Å². The van der Waals surface area contributed by atoms with Crippen LogP contribution in [0.2, 0.25) is 0 Å². The van der Waals surface area contributed by atoms with Crippen LogP contribution in [0, 0.1) is 5.92 Å². The lowest BCUT2D eigenvalue weighted by molar-refractivity contribution is -0.116. The molecular formula is C15H21N3O2S. The number of anilines is 1. The van der Waals surface area contributed by atoms with Gasteiger partial charge in [-0.15, -0.1) is 0 Å². The van der Waals surface area contributed by atoms with Gasteiger partial charge < -0.3 is 21.1 Å². The van der Waals surface area contributed by atoms with E-state index in [1.54, 1.807) is 6.07 Å². The molecule has 4 N–H and O–H groups in total. The van der Waals surface area contributed by atoms with Crippen LogP contribution in [0.4, 0.5) is 5.69 Å². The third-order valence-corrected chi connectivity index (χ3v) is 3.95. The van der Waals surface area contributed by atoms with Crippen molar-refractivity contribution in [1.82, 2.24) is 4.90 Å². The molecule has 0 radical (unpaired) electrons. The molecule has 0 aromatic heterocycles. The summed E-state index contributed by atoms with van der Waals surface area (Å²) in [5.74, 6) is 0.331. The van der Waals surface area contributed by atoms with Crippen molar-refractivity contribution in [3.63, 3.8) is 0 Å². The number of nitrogens with one attached hydrogen (secondary N) is 1. The van der Waals surface area contributed by atoms with E-state index in [4.69, 9.17) is 23.1 Å². The highest BCUT2D eigenvalue weighted by Gasteiger charge is 2.21. The summed E-state index contributed by atoms with van der Waals surface area (Å²) in [5, 5.41) is 12.0. The van der Waals surface area contributed by atoms with E-state index in [-0.39, 0.29) is 12.5 Å². The van der Waals surface area contributed by atoms with Crippen LogP contribution in [0.5, 0.6) is 0 Å². The summed E-state index contributed by atoms with van der Waals surface area (Å²) in [7, 11) is 0. The average molecular weight is 307 g/mol. The lowest BCUT2D eigenvalue weighted by Crippen LogP contribution is -2.26. The maximum absolute atomic E-state index is 12.0. The fourth-order valence-electron chi connectivity index (χ4n) is 2.50. The van der Waals surface area contributed by atoms with Gasteiger partial charge in [0.15, 0.2) is 0 Å². The second-order valence-corrected chi connectivity index (χ2v) is 5.82. The molecule has 1 aromatic rings. The molecule has 1 fully saturated rings. The maximum atomic E-state index is 12.0. The molecular weight excluding hydrogens is 286 g/mol. The van der Waals surface area contributed by atoms with E-state index < -0.39 is 0 Å². The quantitative estimate of drug-likeness (QED) is 0.682. The van der Waals surface area contributed by atoms with Gasteiger partial charge in [0, 0.05) is 37.4 Å². The Balaban J connectivity index is 1.79. The minimum Gasteiger partial charge on any atom is -0.396 e.